The van der Waals surface area contributed by atoms with Crippen molar-refractivity contribution in [3.05, 3.63) is 83.8 Å². The second-order valence-corrected chi connectivity index (χ2v) is 7.62. The molecule has 1 aromatic heterocycles. The molecule has 1 saturated carbocycles. The van der Waals surface area contributed by atoms with Gasteiger partial charge in [-0.25, -0.2) is 0 Å². The van der Waals surface area contributed by atoms with Crippen LogP contribution in [0, 0.1) is 6.92 Å². The van der Waals surface area contributed by atoms with Crippen LogP contribution in [0.25, 0.3) is 0 Å². The number of carbonyl (C=O) groups is 2. The van der Waals surface area contributed by atoms with Gasteiger partial charge in [-0.2, -0.15) is 0 Å². The quantitative estimate of drug-likeness (QED) is 0.624. The summed E-state index contributed by atoms with van der Waals surface area (Å²) in [6, 6.07) is 18.7. The molecule has 2 aromatic carbocycles. The van der Waals surface area contributed by atoms with Gasteiger partial charge in [0.15, 0.2) is 5.76 Å². The molecule has 4 rings (SSSR count). The summed E-state index contributed by atoms with van der Waals surface area (Å²) < 4.78 is 5.12. The summed E-state index contributed by atoms with van der Waals surface area (Å²) in [5, 5.41) is 5.86. The number of aryl methyl sites for hydroxylation is 1. The zero-order chi connectivity index (χ0) is 20.3. The van der Waals surface area contributed by atoms with Gasteiger partial charge in [-0.3, -0.25) is 9.59 Å². The standard InChI is InChI=1S/C24H24N2O3/c1-17-9-11-18(12-10-17)24(13-2-3-14-24)23(28)26-20-7-4-6-19(16-20)25-22(27)21-8-5-15-29-21/h4-12,15-16H,2-3,13-14H2,1H3,(H,25,27)(H,26,28). The van der Waals surface area contributed by atoms with Crippen molar-refractivity contribution in [2.24, 2.45) is 0 Å². The second kappa shape index (κ2) is 7.95. The van der Waals surface area contributed by atoms with Crippen LogP contribution in [-0.4, -0.2) is 11.8 Å². The molecule has 0 spiro atoms. The van der Waals surface area contributed by atoms with Gasteiger partial charge in [-0.15, -0.1) is 0 Å². The normalized spacial score (nSPS) is 15.1. The van der Waals surface area contributed by atoms with E-state index in [4.69, 9.17) is 4.42 Å². The first kappa shape index (κ1) is 19.0. The van der Waals surface area contributed by atoms with Crippen LogP contribution in [0.15, 0.2) is 71.3 Å². The molecule has 29 heavy (non-hydrogen) atoms. The van der Waals surface area contributed by atoms with Crippen molar-refractivity contribution in [3.63, 3.8) is 0 Å². The third-order valence-corrected chi connectivity index (χ3v) is 5.62. The van der Waals surface area contributed by atoms with Crippen molar-refractivity contribution < 1.29 is 14.0 Å². The third-order valence-electron chi connectivity index (χ3n) is 5.62. The predicted molar refractivity (Wildman–Crippen MR) is 113 cm³/mol. The fourth-order valence-electron chi connectivity index (χ4n) is 4.02. The molecule has 1 fully saturated rings. The molecule has 0 aliphatic heterocycles. The van der Waals surface area contributed by atoms with Gasteiger partial charge in [0.05, 0.1) is 11.7 Å². The molecule has 5 heteroatoms. The molecule has 148 valence electrons. The van der Waals surface area contributed by atoms with E-state index in [-0.39, 0.29) is 17.6 Å². The zero-order valence-electron chi connectivity index (χ0n) is 16.4. The van der Waals surface area contributed by atoms with Gasteiger partial charge in [0.25, 0.3) is 5.91 Å². The smallest absolute Gasteiger partial charge is 0.291 e. The molecule has 1 heterocycles. The monoisotopic (exact) mass is 388 g/mol. The molecule has 5 nitrogen and oxygen atoms in total. The fraction of sp³-hybridized carbons (Fsp3) is 0.250. The van der Waals surface area contributed by atoms with E-state index >= 15 is 0 Å². The minimum absolute atomic E-state index is 0.00774. The predicted octanol–water partition coefficient (Wildman–Crippen LogP) is 5.29. The van der Waals surface area contributed by atoms with E-state index in [0.717, 1.165) is 31.2 Å². The maximum Gasteiger partial charge on any atom is 0.291 e. The van der Waals surface area contributed by atoms with Crippen molar-refractivity contribution in [1.82, 2.24) is 0 Å². The lowest BCUT2D eigenvalue weighted by atomic mass is 9.77. The third kappa shape index (κ3) is 3.94. The topological polar surface area (TPSA) is 71.3 Å². The lowest BCUT2D eigenvalue weighted by Crippen LogP contribution is -2.38. The molecule has 3 aromatic rings. The largest absolute Gasteiger partial charge is 0.459 e. The average molecular weight is 388 g/mol. The van der Waals surface area contributed by atoms with Gasteiger partial charge in [0, 0.05) is 11.4 Å². The minimum atomic E-state index is -0.499. The highest BCUT2D eigenvalue weighted by Crippen LogP contribution is 2.42. The Bertz CT molecular complexity index is 1000. The molecule has 2 amide bonds. The Morgan fingerprint density at radius 1 is 0.897 bits per heavy atom. The highest BCUT2D eigenvalue weighted by Gasteiger charge is 2.42. The number of hydrogen-bond donors (Lipinski definition) is 2. The molecule has 1 aliphatic carbocycles. The molecule has 0 unspecified atom stereocenters. The van der Waals surface area contributed by atoms with E-state index < -0.39 is 5.41 Å². The van der Waals surface area contributed by atoms with E-state index in [0.29, 0.717) is 11.4 Å². The zero-order valence-corrected chi connectivity index (χ0v) is 16.4. The molecule has 0 atom stereocenters. The number of nitrogens with one attached hydrogen (secondary N) is 2. The molecular formula is C24H24N2O3. The number of hydrogen-bond acceptors (Lipinski definition) is 3. The molecule has 0 saturated heterocycles. The van der Waals surface area contributed by atoms with Gasteiger partial charge >= 0.3 is 0 Å². The number of rotatable bonds is 5. The fourth-order valence-corrected chi connectivity index (χ4v) is 4.02. The van der Waals surface area contributed by atoms with Crippen molar-refractivity contribution >= 4 is 23.2 Å². The van der Waals surface area contributed by atoms with Crippen molar-refractivity contribution in [2.75, 3.05) is 10.6 Å². The Kier molecular flexibility index (Phi) is 5.21. The summed E-state index contributed by atoms with van der Waals surface area (Å²) in [6.45, 7) is 2.05. The van der Waals surface area contributed by atoms with Crippen LogP contribution in [-0.2, 0) is 10.2 Å². The Morgan fingerprint density at radius 2 is 1.59 bits per heavy atom. The van der Waals surface area contributed by atoms with Crippen molar-refractivity contribution in [2.45, 2.75) is 38.0 Å². The SMILES string of the molecule is Cc1ccc(C2(C(=O)Nc3cccc(NC(=O)c4ccco4)c3)CCCC2)cc1. The maximum absolute atomic E-state index is 13.3. The number of furan rings is 1. The van der Waals surface area contributed by atoms with Crippen LogP contribution in [0.4, 0.5) is 11.4 Å². The van der Waals surface area contributed by atoms with Gasteiger partial charge in [-0.1, -0.05) is 48.7 Å². The van der Waals surface area contributed by atoms with E-state index in [1.54, 1.807) is 30.3 Å². The van der Waals surface area contributed by atoms with Crippen LogP contribution in [0.1, 0.15) is 47.4 Å². The number of carbonyl (C=O) groups excluding carboxylic acids is 2. The van der Waals surface area contributed by atoms with E-state index in [1.165, 1.54) is 11.8 Å². The number of anilines is 2. The lowest BCUT2D eigenvalue weighted by molar-refractivity contribution is -0.121. The average Bonchev–Trinajstić information content (AvgIpc) is 3.42. The Balaban J connectivity index is 1.52. The first-order valence-electron chi connectivity index (χ1n) is 9.90. The van der Waals surface area contributed by atoms with Crippen molar-refractivity contribution in [3.8, 4) is 0 Å². The summed E-state index contributed by atoms with van der Waals surface area (Å²) in [5.74, 6) is -0.0810. The van der Waals surface area contributed by atoms with E-state index in [2.05, 4.69) is 34.9 Å². The second-order valence-electron chi connectivity index (χ2n) is 7.62. The molecule has 1 aliphatic rings. The highest BCUT2D eigenvalue weighted by molar-refractivity contribution is 6.03. The Hall–Kier alpha value is -3.34. The lowest BCUT2D eigenvalue weighted by Gasteiger charge is -2.28. The van der Waals surface area contributed by atoms with Gasteiger partial charge in [0.1, 0.15) is 0 Å². The first-order valence-corrected chi connectivity index (χ1v) is 9.90. The van der Waals surface area contributed by atoms with Crippen LogP contribution in [0.2, 0.25) is 0 Å². The molecule has 0 bridgehead atoms. The van der Waals surface area contributed by atoms with Gasteiger partial charge in [-0.05, 0) is 55.7 Å². The van der Waals surface area contributed by atoms with Crippen LogP contribution >= 0.6 is 0 Å². The summed E-state index contributed by atoms with van der Waals surface area (Å²) in [6.07, 6.45) is 5.23. The van der Waals surface area contributed by atoms with Crippen LogP contribution < -0.4 is 10.6 Å². The summed E-state index contributed by atoms with van der Waals surface area (Å²) in [5.41, 5.74) is 3.01. The summed E-state index contributed by atoms with van der Waals surface area (Å²) >= 11 is 0. The van der Waals surface area contributed by atoms with Crippen LogP contribution in [0.3, 0.4) is 0 Å². The summed E-state index contributed by atoms with van der Waals surface area (Å²) in [7, 11) is 0. The first-order chi connectivity index (χ1) is 14.1. The minimum Gasteiger partial charge on any atom is -0.459 e. The molecule has 2 N–H and O–H groups in total. The Labute approximate surface area is 170 Å². The van der Waals surface area contributed by atoms with E-state index in [1.807, 2.05) is 13.0 Å². The van der Waals surface area contributed by atoms with E-state index in [9.17, 15) is 9.59 Å². The maximum atomic E-state index is 13.3. The van der Waals surface area contributed by atoms with Crippen molar-refractivity contribution in [1.29, 1.82) is 0 Å². The molecule has 0 radical (unpaired) electrons. The Morgan fingerprint density at radius 3 is 2.24 bits per heavy atom. The van der Waals surface area contributed by atoms with Gasteiger partial charge < -0.3 is 15.1 Å². The number of amides is 2. The molecular weight excluding hydrogens is 364 g/mol. The summed E-state index contributed by atoms with van der Waals surface area (Å²) in [4.78, 5) is 25.5. The van der Waals surface area contributed by atoms with Gasteiger partial charge in [0.2, 0.25) is 5.91 Å². The highest BCUT2D eigenvalue weighted by atomic mass is 16.3. The number of benzene rings is 2. The van der Waals surface area contributed by atoms with Crippen LogP contribution in [0.5, 0.6) is 0 Å².